The third-order valence-corrected chi connectivity index (χ3v) is 0.642. The molecule has 0 rings (SSSR count). The van der Waals surface area contributed by atoms with E-state index in [4.69, 9.17) is 21.4 Å². The molecule has 0 saturated carbocycles. The number of amides is 1. The van der Waals surface area contributed by atoms with Crippen LogP contribution >= 0.6 is 0 Å². The number of carboxylic acid groups (broad SMARTS) is 1. The van der Waals surface area contributed by atoms with E-state index in [1.807, 2.05) is 0 Å². The molecule has 0 heterocycles. The lowest BCUT2D eigenvalue weighted by Gasteiger charge is -1.95. The van der Waals surface area contributed by atoms with E-state index in [2.05, 4.69) is 11.1 Å². The van der Waals surface area contributed by atoms with E-state index in [0.717, 1.165) is 13.1 Å². The molecule has 0 atom stereocenters. The molecule has 0 bridgehead atoms. The second-order valence-corrected chi connectivity index (χ2v) is 1.67. The van der Waals surface area contributed by atoms with Crippen molar-refractivity contribution >= 4 is 6.09 Å². The Morgan fingerprint density at radius 3 is 1.73 bits per heavy atom. The van der Waals surface area contributed by atoms with Gasteiger partial charge in [0.15, 0.2) is 0 Å². The highest BCUT2D eigenvalue weighted by molar-refractivity contribution is 5.61. The number of hydrogen-bond donors (Lipinski definition) is 5. The van der Waals surface area contributed by atoms with Crippen molar-refractivity contribution in [3.63, 3.8) is 0 Å². The van der Waals surface area contributed by atoms with E-state index in [1.54, 1.807) is 0 Å². The zero-order chi connectivity index (χ0) is 9.11. The first-order valence-corrected chi connectivity index (χ1v) is 3.24. The average molecular weight is 164 g/mol. The van der Waals surface area contributed by atoms with Gasteiger partial charge >= 0.3 is 6.09 Å². The number of carbonyl (C=O) groups is 1. The number of hydrogen-bond acceptors (Lipinski definition) is 4. The van der Waals surface area contributed by atoms with Crippen LogP contribution in [0, 0.1) is 0 Å². The molecule has 68 valence electrons. The maximum Gasteiger partial charge on any atom is 0.402 e. The largest absolute Gasteiger partial charge is 0.465 e. The van der Waals surface area contributed by atoms with Gasteiger partial charge in [0.05, 0.1) is 0 Å². The molecule has 6 nitrogen and oxygen atoms in total. The zero-order valence-corrected chi connectivity index (χ0v) is 6.42. The molecule has 0 aliphatic carbocycles. The van der Waals surface area contributed by atoms with Gasteiger partial charge in [-0.1, -0.05) is 0 Å². The summed E-state index contributed by atoms with van der Waals surface area (Å²) in [6.45, 7) is 3.13. The Bertz CT molecular complexity index is 80.6. The highest BCUT2D eigenvalue weighted by Crippen LogP contribution is 1.49. The van der Waals surface area contributed by atoms with Gasteiger partial charge in [-0.25, -0.2) is 4.79 Å². The van der Waals surface area contributed by atoms with Gasteiger partial charge in [0.25, 0.3) is 0 Å². The SMILES string of the molecule is NC(=O)O.NCCNCCN. The second-order valence-electron chi connectivity index (χ2n) is 1.67. The van der Waals surface area contributed by atoms with Gasteiger partial charge < -0.3 is 27.6 Å². The molecule has 0 unspecified atom stereocenters. The van der Waals surface area contributed by atoms with Crippen LogP contribution in [0.4, 0.5) is 4.79 Å². The Hall–Kier alpha value is -0.850. The van der Waals surface area contributed by atoms with E-state index < -0.39 is 6.09 Å². The van der Waals surface area contributed by atoms with E-state index >= 15 is 0 Å². The fourth-order valence-corrected chi connectivity index (χ4v) is 0.329. The molecule has 0 fully saturated rings. The number of nitrogens with one attached hydrogen (secondary N) is 1. The highest BCUT2D eigenvalue weighted by Gasteiger charge is 1.76. The highest BCUT2D eigenvalue weighted by atomic mass is 16.4. The summed E-state index contributed by atoms with van der Waals surface area (Å²) in [6, 6.07) is 0. The summed E-state index contributed by atoms with van der Waals surface area (Å²) in [6.07, 6.45) is -1.33. The van der Waals surface area contributed by atoms with Crippen LogP contribution in [0.3, 0.4) is 0 Å². The summed E-state index contributed by atoms with van der Waals surface area (Å²) < 4.78 is 0. The predicted octanol–water partition coefficient (Wildman–Crippen LogP) is -1.88. The van der Waals surface area contributed by atoms with Crippen LogP contribution in [0.1, 0.15) is 0 Å². The molecule has 8 N–H and O–H groups in total. The lowest BCUT2D eigenvalue weighted by atomic mass is 10.6. The molecule has 0 aliphatic rings. The minimum absolute atomic E-state index is 0.694. The summed E-state index contributed by atoms with van der Waals surface area (Å²) in [5.74, 6) is 0. The van der Waals surface area contributed by atoms with E-state index in [1.165, 1.54) is 0 Å². The van der Waals surface area contributed by atoms with Crippen LogP contribution in [0.2, 0.25) is 0 Å². The lowest BCUT2D eigenvalue weighted by molar-refractivity contribution is 0.205. The first kappa shape index (κ1) is 12.8. The van der Waals surface area contributed by atoms with Crippen LogP contribution < -0.4 is 22.5 Å². The van der Waals surface area contributed by atoms with Crippen molar-refractivity contribution < 1.29 is 9.90 Å². The predicted molar refractivity (Wildman–Crippen MR) is 43.2 cm³/mol. The average Bonchev–Trinajstić information content (AvgIpc) is 1.88. The summed E-state index contributed by atoms with van der Waals surface area (Å²) >= 11 is 0. The smallest absolute Gasteiger partial charge is 0.402 e. The Kier molecular flexibility index (Phi) is 13.8. The lowest BCUT2D eigenvalue weighted by Crippen LogP contribution is -2.27. The summed E-state index contributed by atoms with van der Waals surface area (Å²) in [5, 5.41) is 10.2. The van der Waals surface area contributed by atoms with Crippen molar-refractivity contribution in [1.29, 1.82) is 0 Å². The Morgan fingerprint density at radius 2 is 1.55 bits per heavy atom. The normalized spacial score (nSPS) is 8.18. The van der Waals surface area contributed by atoms with E-state index in [9.17, 15) is 0 Å². The topological polar surface area (TPSA) is 127 Å². The van der Waals surface area contributed by atoms with E-state index in [-0.39, 0.29) is 0 Å². The van der Waals surface area contributed by atoms with Crippen molar-refractivity contribution in [2.24, 2.45) is 17.2 Å². The van der Waals surface area contributed by atoms with Gasteiger partial charge in [-0.2, -0.15) is 0 Å². The summed E-state index contributed by atoms with van der Waals surface area (Å²) in [4.78, 5) is 8.78. The maximum absolute atomic E-state index is 8.78. The summed E-state index contributed by atoms with van der Waals surface area (Å²) in [7, 11) is 0. The molecule has 0 radical (unpaired) electrons. The minimum Gasteiger partial charge on any atom is -0.465 e. The second kappa shape index (κ2) is 11.9. The zero-order valence-electron chi connectivity index (χ0n) is 6.42. The third kappa shape index (κ3) is 47.1. The maximum atomic E-state index is 8.78. The minimum atomic E-state index is -1.33. The number of primary amides is 1. The molecule has 0 aromatic heterocycles. The first-order chi connectivity index (χ1) is 5.15. The molecule has 0 aliphatic heterocycles. The fraction of sp³-hybridized carbons (Fsp3) is 0.800. The molecular formula is C5H16N4O2. The Balaban J connectivity index is 0. The van der Waals surface area contributed by atoms with Crippen LogP contribution in [0.25, 0.3) is 0 Å². The quantitative estimate of drug-likeness (QED) is 0.311. The molecular weight excluding hydrogens is 148 g/mol. The Morgan fingerprint density at radius 1 is 1.27 bits per heavy atom. The van der Waals surface area contributed by atoms with Gasteiger partial charge in [0.1, 0.15) is 0 Å². The molecule has 6 heteroatoms. The van der Waals surface area contributed by atoms with Gasteiger partial charge in [-0.3, -0.25) is 0 Å². The van der Waals surface area contributed by atoms with Crippen LogP contribution in [0.5, 0.6) is 0 Å². The third-order valence-electron chi connectivity index (χ3n) is 0.642. The Labute approximate surface area is 65.7 Å². The molecule has 0 saturated heterocycles. The molecule has 0 aromatic rings. The van der Waals surface area contributed by atoms with Gasteiger partial charge in [-0.05, 0) is 0 Å². The first-order valence-electron chi connectivity index (χ1n) is 3.24. The van der Waals surface area contributed by atoms with Crippen molar-refractivity contribution in [3.8, 4) is 0 Å². The number of rotatable bonds is 4. The molecule has 11 heavy (non-hydrogen) atoms. The van der Waals surface area contributed by atoms with Crippen molar-refractivity contribution in [2.45, 2.75) is 0 Å². The van der Waals surface area contributed by atoms with Gasteiger partial charge in [0.2, 0.25) is 0 Å². The van der Waals surface area contributed by atoms with Crippen molar-refractivity contribution in [3.05, 3.63) is 0 Å². The van der Waals surface area contributed by atoms with Crippen molar-refractivity contribution in [1.82, 2.24) is 5.32 Å². The molecule has 0 aromatic carbocycles. The summed E-state index contributed by atoms with van der Waals surface area (Å²) in [5.41, 5.74) is 14.4. The van der Waals surface area contributed by atoms with Crippen LogP contribution in [0.15, 0.2) is 0 Å². The monoisotopic (exact) mass is 164 g/mol. The fourth-order valence-electron chi connectivity index (χ4n) is 0.329. The van der Waals surface area contributed by atoms with E-state index in [0.29, 0.717) is 13.1 Å². The van der Waals surface area contributed by atoms with Gasteiger partial charge in [-0.15, -0.1) is 0 Å². The van der Waals surface area contributed by atoms with Gasteiger partial charge in [0, 0.05) is 26.2 Å². The standard InChI is InChI=1S/C4H13N3.CH3NO2/c5-1-3-7-4-2-6;2-1(3)4/h7H,1-6H2;2H2,(H,3,4). The van der Waals surface area contributed by atoms with Crippen molar-refractivity contribution in [2.75, 3.05) is 26.2 Å². The van der Waals surface area contributed by atoms with Crippen LogP contribution in [-0.4, -0.2) is 37.4 Å². The molecule has 0 spiro atoms. The number of nitrogens with two attached hydrogens (primary N) is 3. The van der Waals surface area contributed by atoms with Crippen LogP contribution in [-0.2, 0) is 0 Å². The molecule has 1 amide bonds.